The second-order valence-corrected chi connectivity index (χ2v) is 6.18. The number of hydrogen-bond acceptors (Lipinski definition) is 3. The van der Waals surface area contributed by atoms with Crippen molar-refractivity contribution in [3.63, 3.8) is 0 Å². The number of methoxy groups -OCH3 is 1. The summed E-state index contributed by atoms with van der Waals surface area (Å²) >= 11 is 0. The average Bonchev–Trinajstić information content (AvgIpc) is 3.18. The number of aryl methyl sites for hydroxylation is 1. The van der Waals surface area contributed by atoms with E-state index in [9.17, 15) is 4.79 Å². The van der Waals surface area contributed by atoms with E-state index in [1.165, 1.54) is 5.69 Å². The van der Waals surface area contributed by atoms with Crippen molar-refractivity contribution in [3.8, 4) is 0 Å². The Balaban J connectivity index is 1.62. The van der Waals surface area contributed by atoms with Gasteiger partial charge in [0.1, 0.15) is 0 Å². The summed E-state index contributed by atoms with van der Waals surface area (Å²) in [6, 6.07) is 7.77. The zero-order valence-corrected chi connectivity index (χ0v) is 13.9. The summed E-state index contributed by atoms with van der Waals surface area (Å²) < 4.78 is 7.16. The van der Waals surface area contributed by atoms with Gasteiger partial charge >= 0.3 is 0 Å². The topological polar surface area (TPSA) is 63.1 Å². The van der Waals surface area contributed by atoms with Gasteiger partial charge in [-0.3, -0.25) is 9.48 Å². The molecule has 0 unspecified atom stereocenters. The van der Waals surface area contributed by atoms with Gasteiger partial charge in [0, 0.05) is 67.6 Å². The number of nitrogens with zero attached hydrogens (tertiary/aromatic N) is 3. The minimum Gasteiger partial charge on any atom is -0.378 e. The molecular formula is C18H20N4O2. The number of H-pyrrole nitrogens is 1. The fraction of sp³-hybridized carbons (Fsp3) is 0.333. The van der Waals surface area contributed by atoms with Gasteiger partial charge in [-0.05, 0) is 24.3 Å². The highest BCUT2D eigenvalue weighted by Gasteiger charge is 2.27. The Morgan fingerprint density at radius 2 is 2.25 bits per heavy atom. The van der Waals surface area contributed by atoms with E-state index < -0.39 is 0 Å². The van der Waals surface area contributed by atoms with Crippen molar-refractivity contribution in [2.24, 2.45) is 7.05 Å². The van der Waals surface area contributed by atoms with E-state index in [4.69, 9.17) is 4.74 Å². The minimum atomic E-state index is 0.0657. The van der Waals surface area contributed by atoms with Gasteiger partial charge in [0.25, 0.3) is 5.91 Å². The van der Waals surface area contributed by atoms with Crippen LogP contribution in [0.4, 0.5) is 0 Å². The second-order valence-electron chi connectivity index (χ2n) is 6.18. The third-order valence-electron chi connectivity index (χ3n) is 4.69. The van der Waals surface area contributed by atoms with Crippen molar-refractivity contribution >= 4 is 16.8 Å². The zero-order chi connectivity index (χ0) is 16.7. The standard InChI is InChI=1S/C18H20N4O2/c1-21-17-6-8-22(10-14(17)16(20-21)11-24-2)18(23)13-3-4-15-12(9-13)5-7-19-15/h3-5,7,9,19H,6,8,10-11H2,1-2H3. The molecule has 1 N–H and O–H groups in total. The Bertz CT molecular complexity index is 909. The molecular weight excluding hydrogens is 304 g/mol. The molecule has 1 aliphatic rings. The minimum absolute atomic E-state index is 0.0657. The Morgan fingerprint density at radius 1 is 1.38 bits per heavy atom. The van der Waals surface area contributed by atoms with E-state index >= 15 is 0 Å². The first-order chi connectivity index (χ1) is 11.7. The molecule has 3 heterocycles. The molecule has 0 fully saturated rings. The molecule has 6 heteroatoms. The van der Waals surface area contributed by atoms with Crippen LogP contribution in [0.2, 0.25) is 0 Å². The molecule has 0 saturated heterocycles. The van der Waals surface area contributed by atoms with E-state index in [-0.39, 0.29) is 5.91 Å². The van der Waals surface area contributed by atoms with E-state index in [0.717, 1.165) is 34.1 Å². The number of aromatic amines is 1. The molecule has 6 nitrogen and oxygen atoms in total. The number of fused-ring (bicyclic) bond motifs is 2. The van der Waals surface area contributed by atoms with Crippen LogP contribution >= 0.6 is 0 Å². The first kappa shape index (κ1) is 15.0. The van der Waals surface area contributed by atoms with Gasteiger partial charge in [-0.15, -0.1) is 0 Å². The van der Waals surface area contributed by atoms with Crippen molar-refractivity contribution < 1.29 is 9.53 Å². The van der Waals surface area contributed by atoms with Gasteiger partial charge in [-0.25, -0.2) is 0 Å². The Morgan fingerprint density at radius 3 is 3.08 bits per heavy atom. The van der Waals surface area contributed by atoms with Crippen molar-refractivity contribution in [2.45, 2.75) is 19.6 Å². The normalized spacial score (nSPS) is 14.2. The van der Waals surface area contributed by atoms with Crippen LogP contribution in [0.3, 0.4) is 0 Å². The molecule has 0 aliphatic carbocycles. The van der Waals surface area contributed by atoms with E-state index in [1.807, 2.05) is 47.1 Å². The average molecular weight is 324 g/mol. The van der Waals surface area contributed by atoms with Crippen molar-refractivity contribution in [3.05, 3.63) is 53.0 Å². The third kappa shape index (κ3) is 2.39. The van der Waals surface area contributed by atoms with Gasteiger partial charge in [0.05, 0.1) is 12.3 Å². The molecule has 124 valence electrons. The number of ether oxygens (including phenoxy) is 1. The van der Waals surface area contributed by atoms with Gasteiger partial charge < -0.3 is 14.6 Å². The fourth-order valence-electron chi connectivity index (χ4n) is 3.46. The summed E-state index contributed by atoms with van der Waals surface area (Å²) in [6.07, 6.45) is 2.71. The first-order valence-corrected chi connectivity index (χ1v) is 8.06. The van der Waals surface area contributed by atoms with Crippen LogP contribution in [-0.4, -0.2) is 39.2 Å². The lowest BCUT2D eigenvalue weighted by atomic mass is 10.0. The Labute approximate surface area is 140 Å². The SMILES string of the molecule is COCc1nn(C)c2c1CN(C(=O)c1ccc3[nH]ccc3c1)CC2. The van der Waals surface area contributed by atoms with Crippen LogP contribution in [0, 0.1) is 0 Å². The van der Waals surface area contributed by atoms with E-state index in [2.05, 4.69) is 10.1 Å². The summed E-state index contributed by atoms with van der Waals surface area (Å²) in [7, 11) is 3.62. The Kier molecular flexibility index (Phi) is 3.61. The van der Waals surface area contributed by atoms with Gasteiger partial charge in [0.15, 0.2) is 0 Å². The number of benzene rings is 1. The molecule has 0 spiro atoms. The van der Waals surface area contributed by atoms with Crippen LogP contribution in [0.15, 0.2) is 30.5 Å². The largest absolute Gasteiger partial charge is 0.378 e. The molecule has 1 aromatic carbocycles. The summed E-state index contributed by atoms with van der Waals surface area (Å²) in [5.41, 5.74) is 5.02. The molecule has 0 radical (unpaired) electrons. The summed E-state index contributed by atoms with van der Waals surface area (Å²) in [5, 5.41) is 5.59. The number of aromatic nitrogens is 3. The molecule has 4 rings (SSSR count). The maximum Gasteiger partial charge on any atom is 0.254 e. The molecule has 2 aromatic heterocycles. The summed E-state index contributed by atoms with van der Waals surface area (Å²) in [5.74, 6) is 0.0657. The predicted octanol–water partition coefficient (Wildman–Crippen LogP) is 2.25. The third-order valence-corrected chi connectivity index (χ3v) is 4.69. The van der Waals surface area contributed by atoms with Gasteiger partial charge in [-0.1, -0.05) is 0 Å². The van der Waals surface area contributed by atoms with Crippen molar-refractivity contribution in [1.82, 2.24) is 19.7 Å². The summed E-state index contributed by atoms with van der Waals surface area (Å²) in [4.78, 5) is 18.0. The lowest BCUT2D eigenvalue weighted by Crippen LogP contribution is -2.36. The van der Waals surface area contributed by atoms with E-state index in [1.54, 1.807) is 7.11 Å². The van der Waals surface area contributed by atoms with Crippen molar-refractivity contribution in [2.75, 3.05) is 13.7 Å². The maximum atomic E-state index is 12.9. The molecule has 0 atom stereocenters. The van der Waals surface area contributed by atoms with Crippen LogP contribution in [-0.2, 0) is 31.4 Å². The van der Waals surface area contributed by atoms with E-state index in [0.29, 0.717) is 19.7 Å². The highest BCUT2D eigenvalue weighted by atomic mass is 16.5. The molecule has 0 bridgehead atoms. The number of carbonyl (C=O) groups excluding carboxylic acids is 1. The van der Waals surface area contributed by atoms with Crippen LogP contribution in [0.5, 0.6) is 0 Å². The number of nitrogens with one attached hydrogen (secondary N) is 1. The highest BCUT2D eigenvalue weighted by molar-refractivity contribution is 5.98. The van der Waals surface area contributed by atoms with Gasteiger partial charge in [0.2, 0.25) is 0 Å². The molecule has 1 aliphatic heterocycles. The monoisotopic (exact) mass is 324 g/mol. The fourth-order valence-corrected chi connectivity index (χ4v) is 3.46. The molecule has 24 heavy (non-hydrogen) atoms. The van der Waals surface area contributed by atoms with Gasteiger partial charge in [-0.2, -0.15) is 5.10 Å². The zero-order valence-electron chi connectivity index (χ0n) is 13.9. The highest BCUT2D eigenvalue weighted by Crippen LogP contribution is 2.24. The number of rotatable bonds is 3. The van der Waals surface area contributed by atoms with Crippen LogP contribution in [0.1, 0.15) is 27.3 Å². The number of carbonyl (C=O) groups is 1. The smallest absolute Gasteiger partial charge is 0.254 e. The quantitative estimate of drug-likeness (QED) is 0.804. The lowest BCUT2D eigenvalue weighted by Gasteiger charge is -2.28. The Hall–Kier alpha value is -2.60. The van der Waals surface area contributed by atoms with Crippen LogP contribution in [0.25, 0.3) is 10.9 Å². The second kappa shape index (κ2) is 5.79. The summed E-state index contributed by atoms with van der Waals surface area (Å²) in [6.45, 7) is 1.77. The predicted molar refractivity (Wildman–Crippen MR) is 90.7 cm³/mol. The molecule has 1 amide bonds. The maximum absolute atomic E-state index is 12.9. The first-order valence-electron chi connectivity index (χ1n) is 8.06. The number of hydrogen-bond donors (Lipinski definition) is 1. The molecule has 0 saturated carbocycles. The van der Waals surface area contributed by atoms with Crippen molar-refractivity contribution in [1.29, 1.82) is 0 Å². The lowest BCUT2D eigenvalue weighted by molar-refractivity contribution is 0.0731. The van der Waals surface area contributed by atoms with Crippen LogP contribution < -0.4 is 0 Å². The molecule has 3 aromatic rings. The number of amides is 1.